The van der Waals surface area contributed by atoms with Gasteiger partial charge in [-0.1, -0.05) is 117 Å². The number of rotatable bonds is 23. The Balaban J connectivity index is 0.00000452. The Morgan fingerprint density at radius 1 is 0.721 bits per heavy atom. The van der Waals surface area contributed by atoms with Gasteiger partial charge in [0, 0.05) is 57.3 Å². The van der Waals surface area contributed by atoms with Crippen LogP contribution in [-0.4, -0.2) is 56.5 Å². The predicted octanol–water partition coefficient (Wildman–Crippen LogP) is 9.23. The highest BCUT2D eigenvalue weighted by atomic mass is 16.5. The van der Waals surface area contributed by atoms with Crippen LogP contribution in [0.5, 0.6) is 5.75 Å². The molecule has 0 atom stereocenters. The van der Waals surface area contributed by atoms with Crippen molar-refractivity contribution < 1.29 is 14.3 Å². The van der Waals surface area contributed by atoms with Gasteiger partial charge in [0.2, 0.25) is 11.8 Å². The Morgan fingerprint density at radius 3 is 1.77 bits per heavy atom. The van der Waals surface area contributed by atoms with Crippen molar-refractivity contribution in [3.8, 4) is 5.75 Å². The number of benzene rings is 1. The fourth-order valence-electron chi connectivity index (χ4n) is 5.75. The van der Waals surface area contributed by atoms with E-state index in [1.54, 1.807) is 7.11 Å². The summed E-state index contributed by atoms with van der Waals surface area (Å²) in [6.45, 7) is 12.2. The van der Waals surface area contributed by atoms with Gasteiger partial charge in [-0.3, -0.25) is 9.59 Å². The van der Waals surface area contributed by atoms with Crippen molar-refractivity contribution in [3.05, 3.63) is 23.8 Å². The van der Waals surface area contributed by atoms with E-state index in [1.807, 2.05) is 25.7 Å². The van der Waals surface area contributed by atoms with Crippen LogP contribution in [0.25, 0.3) is 0 Å². The van der Waals surface area contributed by atoms with Crippen molar-refractivity contribution in [1.29, 1.82) is 0 Å². The van der Waals surface area contributed by atoms with Gasteiger partial charge in [-0.15, -0.1) is 0 Å². The lowest BCUT2D eigenvalue weighted by Crippen LogP contribution is -2.48. The highest BCUT2D eigenvalue weighted by Gasteiger charge is 2.21. The van der Waals surface area contributed by atoms with Crippen LogP contribution in [0.1, 0.15) is 148 Å². The highest BCUT2D eigenvalue weighted by Crippen LogP contribution is 2.26. The monoisotopic (exact) mass is 602 g/mol. The topological polar surface area (TPSA) is 61.9 Å². The first-order chi connectivity index (χ1) is 21.0. The molecule has 248 valence electrons. The van der Waals surface area contributed by atoms with Crippen molar-refractivity contribution >= 4 is 17.5 Å². The zero-order chi connectivity index (χ0) is 31.5. The number of carbonyl (C=O) groups excluding carboxylic acids is 2. The first kappa shape index (κ1) is 38.8. The maximum absolute atomic E-state index is 12.7. The Labute approximate surface area is 265 Å². The number of ether oxygens (including phenoxy) is 1. The summed E-state index contributed by atoms with van der Waals surface area (Å²) < 4.78 is 5.46. The third-order valence-corrected chi connectivity index (χ3v) is 8.54. The number of amides is 2. The molecule has 1 aliphatic rings. The summed E-state index contributed by atoms with van der Waals surface area (Å²) in [6, 6.07) is 6.30. The Hall–Kier alpha value is -2.24. The lowest BCUT2D eigenvalue weighted by Gasteiger charge is -2.36. The normalized spacial score (nSPS) is 13.0. The smallest absolute Gasteiger partial charge is 0.222 e. The minimum Gasteiger partial charge on any atom is -0.496 e. The van der Waals surface area contributed by atoms with Gasteiger partial charge in [0.25, 0.3) is 0 Å². The molecule has 1 aromatic rings. The molecule has 0 radical (unpaired) electrons. The van der Waals surface area contributed by atoms with Gasteiger partial charge >= 0.3 is 0 Å². The first-order valence-corrected chi connectivity index (χ1v) is 18.0. The number of aryl methyl sites for hydroxylation is 1. The van der Waals surface area contributed by atoms with Gasteiger partial charge in [0.05, 0.1) is 7.11 Å². The van der Waals surface area contributed by atoms with Gasteiger partial charge < -0.3 is 19.9 Å². The molecule has 1 N–H and O–H groups in total. The summed E-state index contributed by atoms with van der Waals surface area (Å²) in [7, 11) is 1.70. The number of hydrogen-bond donors (Lipinski definition) is 1. The molecule has 0 spiro atoms. The maximum atomic E-state index is 12.7. The van der Waals surface area contributed by atoms with Crippen molar-refractivity contribution in [2.75, 3.05) is 44.7 Å². The van der Waals surface area contributed by atoms with Crippen molar-refractivity contribution in [1.82, 2.24) is 10.2 Å². The third-order valence-electron chi connectivity index (χ3n) is 8.54. The van der Waals surface area contributed by atoms with Gasteiger partial charge in [-0.05, 0) is 37.8 Å². The average Bonchev–Trinajstić information content (AvgIpc) is 3.04. The molecule has 2 amide bonds. The first-order valence-electron chi connectivity index (χ1n) is 18.0. The summed E-state index contributed by atoms with van der Waals surface area (Å²) in [5.74, 6) is 1.30. The number of methoxy groups -OCH3 is 1. The van der Waals surface area contributed by atoms with Gasteiger partial charge in [-0.25, -0.2) is 0 Å². The summed E-state index contributed by atoms with van der Waals surface area (Å²) in [5, 5.41) is 3.04. The number of hydrogen-bond acceptors (Lipinski definition) is 4. The molecule has 0 aliphatic carbocycles. The van der Waals surface area contributed by atoms with Crippen molar-refractivity contribution in [3.63, 3.8) is 0 Å². The maximum Gasteiger partial charge on any atom is 0.222 e. The number of anilines is 1. The molecule has 0 unspecified atom stereocenters. The van der Waals surface area contributed by atoms with E-state index in [2.05, 4.69) is 35.3 Å². The number of piperazine rings is 1. The summed E-state index contributed by atoms with van der Waals surface area (Å²) in [6.07, 6.45) is 23.0. The Kier molecular flexibility index (Phi) is 23.6. The molecule has 1 saturated heterocycles. The molecule has 1 aromatic carbocycles. The van der Waals surface area contributed by atoms with E-state index < -0.39 is 0 Å². The molecule has 43 heavy (non-hydrogen) atoms. The summed E-state index contributed by atoms with van der Waals surface area (Å²) >= 11 is 0. The van der Waals surface area contributed by atoms with Crippen LogP contribution in [0.4, 0.5) is 5.69 Å². The fourth-order valence-corrected chi connectivity index (χ4v) is 5.75. The van der Waals surface area contributed by atoms with Gasteiger partial charge in [0.15, 0.2) is 0 Å². The molecule has 6 heteroatoms. The number of unbranched alkanes of at least 4 members (excludes halogenated alkanes) is 15. The lowest BCUT2D eigenvalue weighted by atomic mass is 10.0. The van der Waals surface area contributed by atoms with Crippen LogP contribution in [0.15, 0.2) is 18.2 Å². The minimum atomic E-state index is 0.162. The standard InChI is InChI=1S/C35H61N3O3.C2H6/c1-4-5-6-7-8-9-10-11-12-13-14-15-16-17-18-21-34(39)36-25-20-19-22-35(40)38-28-26-37(27-29-38)32-24-23-31(2)33(30-32)41-3;1-2/h23-24,30H,4-22,25-29H2,1-3H3,(H,36,39);1-2H3. The second kappa shape index (κ2) is 26.2. The second-order valence-electron chi connectivity index (χ2n) is 12.0. The SMILES string of the molecule is CC.CCCCCCCCCCCCCCCCCC(=O)NCCCCC(=O)N1CCN(c2ccc(C)c(OC)c2)CC1. The zero-order valence-electron chi connectivity index (χ0n) is 28.8. The molecule has 1 heterocycles. The molecule has 0 saturated carbocycles. The second-order valence-corrected chi connectivity index (χ2v) is 12.0. The van der Waals surface area contributed by atoms with E-state index in [-0.39, 0.29) is 11.8 Å². The largest absolute Gasteiger partial charge is 0.496 e. The molecule has 0 bridgehead atoms. The van der Waals surface area contributed by atoms with E-state index in [0.29, 0.717) is 19.4 Å². The van der Waals surface area contributed by atoms with E-state index >= 15 is 0 Å². The van der Waals surface area contributed by atoms with Crippen LogP contribution < -0.4 is 15.0 Å². The van der Waals surface area contributed by atoms with Gasteiger partial charge in [-0.2, -0.15) is 0 Å². The number of nitrogens with one attached hydrogen (secondary N) is 1. The highest BCUT2D eigenvalue weighted by molar-refractivity contribution is 5.77. The number of carbonyl (C=O) groups is 2. The molecule has 1 fully saturated rings. The van der Waals surface area contributed by atoms with Crippen LogP contribution in [-0.2, 0) is 9.59 Å². The van der Waals surface area contributed by atoms with Crippen molar-refractivity contribution in [2.45, 2.75) is 150 Å². The van der Waals surface area contributed by atoms with E-state index in [1.165, 1.54) is 83.5 Å². The zero-order valence-corrected chi connectivity index (χ0v) is 28.8. The average molecular weight is 602 g/mol. The lowest BCUT2D eigenvalue weighted by molar-refractivity contribution is -0.131. The fraction of sp³-hybridized carbons (Fsp3) is 0.784. The van der Waals surface area contributed by atoms with Crippen LogP contribution >= 0.6 is 0 Å². The minimum absolute atomic E-state index is 0.162. The summed E-state index contributed by atoms with van der Waals surface area (Å²) in [5.41, 5.74) is 2.28. The van der Waals surface area contributed by atoms with E-state index in [9.17, 15) is 9.59 Å². The molecular formula is C37H67N3O3. The molecule has 6 nitrogen and oxygen atoms in total. The van der Waals surface area contributed by atoms with Crippen molar-refractivity contribution in [2.24, 2.45) is 0 Å². The summed E-state index contributed by atoms with van der Waals surface area (Å²) in [4.78, 5) is 29.1. The third kappa shape index (κ3) is 18.2. The van der Waals surface area contributed by atoms with Crippen LogP contribution in [0, 0.1) is 6.92 Å². The Morgan fingerprint density at radius 2 is 1.23 bits per heavy atom. The molecular weight excluding hydrogens is 534 g/mol. The predicted molar refractivity (Wildman–Crippen MR) is 184 cm³/mol. The van der Waals surface area contributed by atoms with Gasteiger partial charge in [0.1, 0.15) is 5.75 Å². The Bertz CT molecular complexity index is 836. The molecule has 0 aromatic heterocycles. The van der Waals surface area contributed by atoms with Crippen LogP contribution in [0.2, 0.25) is 0 Å². The quantitative estimate of drug-likeness (QED) is 0.127. The van der Waals surface area contributed by atoms with E-state index in [0.717, 1.165) is 68.9 Å². The number of nitrogens with zero attached hydrogens (tertiary/aromatic N) is 2. The van der Waals surface area contributed by atoms with E-state index in [4.69, 9.17) is 4.74 Å². The van der Waals surface area contributed by atoms with Crippen LogP contribution in [0.3, 0.4) is 0 Å². The molecule has 1 aliphatic heterocycles. The molecule has 2 rings (SSSR count).